The fourth-order valence-electron chi connectivity index (χ4n) is 1.14. The SMILES string of the molecule is COc1cc(C=CCBr)cc(C(=O)O)c1. The molecule has 1 N–H and O–H groups in total. The third kappa shape index (κ3) is 3.40. The predicted octanol–water partition coefficient (Wildman–Crippen LogP) is 2.80. The summed E-state index contributed by atoms with van der Waals surface area (Å²) in [7, 11) is 1.51. The van der Waals surface area contributed by atoms with Crippen LogP contribution in [0.25, 0.3) is 6.08 Å². The van der Waals surface area contributed by atoms with Gasteiger partial charge >= 0.3 is 5.97 Å². The first-order valence-corrected chi connectivity index (χ1v) is 5.44. The summed E-state index contributed by atoms with van der Waals surface area (Å²) >= 11 is 3.26. The van der Waals surface area contributed by atoms with Crippen molar-refractivity contribution in [3.8, 4) is 5.75 Å². The number of aromatic carboxylic acids is 1. The van der Waals surface area contributed by atoms with Gasteiger partial charge in [-0.2, -0.15) is 0 Å². The van der Waals surface area contributed by atoms with Gasteiger partial charge in [0.05, 0.1) is 12.7 Å². The van der Waals surface area contributed by atoms with Crippen molar-refractivity contribution in [2.45, 2.75) is 0 Å². The molecule has 1 aromatic rings. The first kappa shape index (κ1) is 11.8. The third-order valence-electron chi connectivity index (χ3n) is 1.81. The number of carboxylic acids is 1. The monoisotopic (exact) mass is 270 g/mol. The van der Waals surface area contributed by atoms with Gasteiger partial charge in [0.2, 0.25) is 0 Å². The largest absolute Gasteiger partial charge is 0.497 e. The predicted molar refractivity (Wildman–Crippen MR) is 62.8 cm³/mol. The zero-order valence-electron chi connectivity index (χ0n) is 8.24. The lowest BCUT2D eigenvalue weighted by Gasteiger charge is -2.03. The summed E-state index contributed by atoms with van der Waals surface area (Å²) in [6, 6.07) is 4.88. The quantitative estimate of drug-likeness (QED) is 0.856. The Kier molecular flexibility index (Phi) is 4.37. The van der Waals surface area contributed by atoms with Crippen molar-refractivity contribution in [1.29, 1.82) is 0 Å². The lowest BCUT2D eigenvalue weighted by atomic mass is 10.1. The van der Waals surface area contributed by atoms with Crippen LogP contribution in [0, 0.1) is 0 Å². The normalized spacial score (nSPS) is 10.5. The molecule has 0 atom stereocenters. The van der Waals surface area contributed by atoms with Crippen LogP contribution in [0.3, 0.4) is 0 Å². The molecule has 1 aromatic carbocycles. The Morgan fingerprint density at radius 2 is 2.27 bits per heavy atom. The van der Waals surface area contributed by atoms with Crippen LogP contribution in [0.1, 0.15) is 15.9 Å². The average Bonchev–Trinajstić information content (AvgIpc) is 2.25. The van der Waals surface area contributed by atoms with E-state index >= 15 is 0 Å². The molecule has 3 nitrogen and oxygen atoms in total. The molecule has 15 heavy (non-hydrogen) atoms. The highest BCUT2D eigenvalue weighted by atomic mass is 79.9. The number of carbonyl (C=O) groups is 1. The Balaban J connectivity index is 3.11. The van der Waals surface area contributed by atoms with E-state index in [1.54, 1.807) is 12.1 Å². The summed E-state index contributed by atoms with van der Waals surface area (Å²) in [5.74, 6) is -0.411. The molecule has 0 fully saturated rings. The molecule has 0 aliphatic carbocycles. The molecule has 0 saturated heterocycles. The Hall–Kier alpha value is -1.29. The van der Waals surface area contributed by atoms with E-state index in [0.717, 1.165) is 10.9 Å². The van der Waals surface area contributed by atoms with Crippen molar-refractivity contribution < 1.29 is 14.6 Å². The van der Waals surface area contributed by atoms with Crippen LogP contribution in [-0.2, 0) is 0 Å². The van der Waals surface area contributed by atoms with E-state index in [4.69, 9.17) is 9.84 Å². The average molecular weight is 271 g/mol. The molecule has 0 amide bonds. The Morgan fingerprint density at radius 1 is 1.53 bits per heavy atom. The summed E-state index contributed by atoms with van der Waals surface area (Å²) in [6.45, 7) is 0. The number of ether oxygens (including phenoxy) is 1. The lowest BCUT2D eigenvalue weighted by Crippen LogP contribution is -1.97. The van der Waals surface area contributed by atoms with E-state index in [0.29, 0.717) is 5.75 Å². The number of hydrogen-bond donors (Lipinski definition) is 1. The Bertz CT molecular complexity index is 385. The molecule has 0 aliphatic rings. The maximum absolute atomic E-state index is 10.8. The zero-order valence-corrected chi connectivity index (χ0v) is 9.82. The molecule has 0 radical (unpaired) electrons. The standard InChI is InChI=1S/C11H11BrO3/c1-15-10-6-8(3-2-4-12)5-9(7-10)11(13)14/h2-3,5-7H,4H2,1H3,(H,13,14). The zero-order chi connectivity index (χ0) is 11.3. The van der Waals surface area contributed by atoms with E-state index in [2.05, 4.69) is 15.9 Å². The second-order valence-electron chi connectivity index (χ2n) is 2.86. The molecule has 0 saturated carbocycles. The minimum absolute atomic E-state index is 0.226. The number of methoxy groups -OCH3 is 1. The number of rotatable bonds is 4. The summed E-state index contributed by atoms with van der Waals surface area (Å²) in [5, 5.41) is 9.59. The van der Waals surface area contributed by atoms with Crippen LogP contribution in [-0.4, -0.2) is 23.5 Å². The fourth-order valence-corrected chi connectivity index (χ4v) is 1.33. The van der Waals surface area contributed by atoms with Gasteiger partial charge < -0.3 is 9.84 Å². The number of carboxylic acid groups (broad SMARTS) is 1. The smallest absolute Gasteiger partial charge is 0.335 e. The van der Waals surface area contributed by atoms with Crippen LogP contribution >= 0.6 is 15.9 Å². The molecule has 80 valence electrons. The van der Waals surface area contributed by atoms with Crippen molar-refractivity contribution >= 4 is 28.0 Å². The molecular formula is C11H11BrO3. The van der Waals surface area contributed by atoms with Crippen LogP contribution in [0.5, 0.6) is 5.75 Å². The highest BCUT2D eigenvalue weighted by Gasteiger charge is 2.05. The fraction of sp³-hybridized carbons (Fsp3) is 0.182. The van der Waals surface area contributed by atoms with Crippen LogP contribution < -0.4 is 4.74 Å². The minimum atomic E-state index is -0.956. The van der Waals surface area contributed by atoms with E-state index in [1.807, 2.05) is 12.2 Å². The number of benzene rings is 1. The van der Waals surface area contributed by atoms with Gasteiger partial charge in [0.1, 0.15) is 5.75 Å². The van der Waals surface area contributed by atoms with Gasteiger partial charge in [-0.15, -0.1) is 0 Å². The van der Waals surface area contributed by atoms with Gasteiger partial charge in [-0.1, -0.05) is 28.1 Å². The number of allylic oxidation sites excluding steroid dienone is 1. The molecule has 0 bridgehead atoms. The molecule has 0 aliphatic heterocycles. The molecule has 0 heterocycles. The van der Waals surface area contributed by atoms with Crippen LogP contribution in [0.4, 0.5) is 0 Å². The maximum Gasteiger partial charge on any atom is 0.335 e. The number of hydrogen-bond acceptors (Lipinski definition) is 2. The minimum Gasteiger partial charge on any atom is -0.497 e. The molecule has 1 rings (SSSR count). The van der Waals surface area contributed by atoms with Gasteiger partial charge in [0.25, 0.3) is 0 Å². The van der Waals surface area contributed by atoms with Gasteiger partial charge in [-0.05, 0) is 23.8 Å². The Labute approximate surface area is 96.5 Å². The third-order valence-corrected chi connectivity index (χ3v) is 2.18. The van der Waals surface area contributed by atoms with Crippen LogP contribution in [0.2, 0.25) is 0 Å². The van der Waals surface area contributed by atoms with Crippen molar-refractivity contribution in [3.05, 3.63) is 35.4 Å². The molecule has 0 spiro atoms. The first-order valence-electron chi connectivity index (χ1n) is 4.32. The Morgan fingerprint density at radius 3 is 2.80 bits per heavy atom. The van der Waals surface area contributed by atoms with E-state index in [9.17, 15) is 4.79 Å². The topological polar surface area (TPSA) is 46.5 Å². The van der Waals surface area contributed by atoms with Crippen molar-refractivity contribution in [2.24, 2.45) is 0 Å². The molecule has 0 aromatic heterocycles. The van der Waals surface area contributed by atoms with E-state index in [1.165, 1.54) is 13.2 Å². The highest BCUT2D eigenvalue weighted by Crippen LogP contribution is 2.18. The summed E-state index contributed by atoms with van der Waals surface area (Å²) in [5.41, 5.74) is 1.04. The second-order valence-corrected chi connectivity index (χ2v) is 3.50. The highest BCUT2D eigenvalue weighted by molar-refractivity contribution is 9.09. The second kappa shape index (κ2) is 5.56. The summed E-state index contributed by atoms with van der Waals surface area (Å²) < 4.78 is 5.02. The van der Waals surface area contributed by atoms with Crippen molar-refractivity contribution in [1.82, 2.24) is 0 Å². The molecule has 4 heteroatoms. The van der Waals surface area contributed by atoms with Crippen molar-refractivity contribution in [2.75, 3.05) is 12.4 Å². The van der Waals surface area contributed by atoms with E-state index in [-0.39, 0.29) is 5.56 Å². The van der Waals surface area contributed by atoms with Gasteiger partial charge in [-0.3, -0.25) is 0 Å². The van der Waals surface area contributed by atoms with Crippen molar-refractivity contribution in [3.63, 3.8) is 0 Å². The van der Waals surface area contributed by atoms with Gasteiger partial charge in [0.15, 0.2) is 0 Å². The van der Waals surface area contributed by atoms with Crippen LogP contribution in [0.15, 0.2) is 24.3 Å². The summed E-state index contributed by atoms with van der Waals surface area (Å²) in [6.07, 6.45) is 3.73. The van der Waals surface area contributed by atoms with E-state index < -0.39 is 5.97 Å². The molecule has 0 unspecified atom stereocenters. The summed E-state index contributed by atoms with van der Waals surface area (Å²) in [4.78, 5) is 10.8. The van der Waals surface area contributed by atoms with Gasteiger partial charge in [-0.25, -0.2) is 4.79 Å². The molecular weight excluding hydrogens is 260 g/mol. The lowest BCUT2D eigenvalue weighted by molar-refractivity contribution is 0.0696. The maximum atomic E-state index is 10.8. The van der Waals surface area contributed by atoms with Gasteiger partial charge in [0, 0.05) is 5.33 Å². The number of halogens is 1. The first-order chi connectivity index (χ1) is 7.17. The number of alkyl halides is 1.